The van der Waals surface area contributed by atoms with Crippen LogP contribution in [0.5, 0.6) is 11.5 Å². The molecule has 2 aromatic carbocycles. The van der Waals surface area contributed by atoms with Crippen molar-refractivity contribution in [2.75, 3.05) is 12.9 Å². The number of carboxylic acid groups (broad SMARTS) is 2. The molecule has 2 rings (SSSR count). The molecular weight excluding hydrogens is 626 g/mol. The van der Waals surface area contributed by atoms with Gasteiger partial charge in [-0.25, -0.2) is 4.79 Å². The number of Topliss-reactive ketones (excluding diaryl/α,β-unsaturated/α-hetero) is 1. The van der Waals surface area contributed by atoms with Gasteiger partial charge in [-0.05, 0) is 42.5 Å². The minimum absolute atomic E-state index is 0.0437. The molecular formula is C34H49N3O9S. The minimum Gasteiger partial charge on any atom is -0.504 e. The van der Waals surface area contributed by atoms with Gasteiger partial charge in [-0.3, -0.25) is 19.2 Å². The normalized spacial score (nSPS) is 13.1. The molecule has 0 spiro atoms. The topological polar surface area (TPSA) is 205 Å². The Bertz CT molecular complexity index is 1260. The Labute approximate surface area is 280 Å². The Morgan fingerprint density at radius 2 is 1.68 bits per heavy atom. The highest BCUT2D eigenvalue weighted by atomic mass is 32.2. The van der Waals surface area contributed by atoms with Gasteiger partial charge in [0.1, 0.15) is 23.9 Å². The first kappa shape index (κ1) is 40.9. The molecule has 0 radical (unpaired) electrons. The van der Waals surface area contributed by atoms with E-state index in [-0.39, 0.29) is 29.0 Å². The van der Waals surface area contributed by atoms with E-state index in [9.17, 15) is 34.2 Å². The first-order valence-electron chi connectivity index (χ1n) is 15.7. The van der Waals surface area contributed by atoms with Crippen LogP contribution in [0.25, 0.3) is 0 Å². The molecule has 0 aromatic heterocycles. The van der Waals surface area contributed by atoms with E-state index >= 15 is 0 Å². The lowest BCUT2D eigenvalue weighted by Gasteiger charge is -2.22. The molecule has 260 valence electrons. The van der Waals surface area contributed by atoms with Crippen LogP contribution in [0.3, 0.4) is 0 Å². The lowest BCUT2D eigenvalue weighted by atomic mass is 10.0. The zero-order valence-electron chi connectivity index (χ0n) is 27.4. The number of nitrogens with two attached hydrogens (primary N) is 1. The van der Waals surface area contributed by atoms with Crippen LogP contribution < -0.4 is 21.1 Å². The number of phenolic OH excluding ortho intramolecular Hbond substituents is 1. The number of carboxylic acids is 2. The van der Waals surface area contributed by atoms with Gasteiger partial charge in [-0.2, -0.15) is 11.8 Å². The molecule has 47 heavy (non-hydrogen) atoms. The molecule has 0 aliphatic carbocycles. The summed E-state index contributed by atoms with van der Waals surface area (Å²) in [5, 5.41) is 32.5. The molecule has 2 aromatic rings. The monoisotopic (exact) mass is 675 g/mol. The third-order valence-electron chi connectivity index (χ3n) is 7.26. The van der Waals surface area contributed by atoms with Crippen LogP contribution in [0.4, 0.5) is 0 Å². The number of hydrogen-bond acceptors (Lipinski definition) is 9. The molecule has 0 aliphatic heterocycles. The number of aromatic hydroxyl groups is 1. The van der Waals surface area contributed by atoms with Crippen molar-refractivity contribution in [3.05, 3.63) is 59.7 Å². The van der Waals surface area contributed by atoms with E-state index in [1.807, 2.05) is 6.07 Å². The molecule has 4 unspecified atom stereocenters. The average molecular weight is 676 g/mol. The Morgan fingerprint density at radius 3 is 2.23 bits per heavy atom. The quantitative estimate of drug-likeness (QED) is 0.0784. The highest BCUT2D eigenvalue weighted by Crippen LogP contribution is 2.27. The summed E-state index contributed by atoms with van der Waals surface area (Å²) in [6.45, 7) is 3.83. The largest absolute Gasteiger partial charge is 0.504 e. The third kappa shape index (κ3) is 16.9. The van der Waals surface area contributed by atoms with Crippen LogP contribution in [0.2, 0.25) is 0 Å². The molecule has 0 heterocycles. The predicted octanol–water partition coefficient (Wildman–Crippen LogP) is 3.71. The molecule has 0 saturated heterocycles. The van der Waals surface area contributed by atoms with Crippen molar-refractivity contribution >= 4 is 41.8 Å². The molecule has 4 atom stereocenters. The number of ether oxygens (including phenoxy) is 1. The van der Waals surface area contributed by atoms with Crippen molar-refractivity contribution < 1.29 is 44.0 Å². The molecule has 13 heteroatoms. The fourth-order valence-electron chi connectivity index (χ4n) is 4.39. The van der Waals surface area contributed by atoms with Crippen LogP contribution in [0, 0.1) is 0 Å². The molecule has 7 N–H and O–H groups in total. The molecule has 0 saturated carbocycles. The van der Waals surface area contributed by atoms with Gasteiger partial charge in [0.2, 0.25) is 12.3 Å². The number of aliphatic carboxylic acids is 2. The molecule has 12 nitrogen and oxygen atoms in total. The number of rotatable bonds is 22. The third-order valence-corrected chi connectivity index (χ3v) is 8.66. The van der Waals surface area contributed by atoms with Crippen LogP contribution >= 0.6 is 11.8 Å². The van der Waals surface area contributed by atoms with Crippen molar-refractivity contribution in [2.24, 2.45) is 5.73 Å². The summed E-state index contributed by atoms with van der Waals surface area (Å²) in [4.78, 5) is 58.7. The number of amides is 2. The summed E-state index contributed by atoms with van der Waals surface area (Å²) in [5.41, 5.74) is 6.67. The van der Waals surface area contributed by atoms with E-state index in [4.69, 9.17) is 15.6 Å². The standard InChI is InChI=1S/C30H40N2O7S.C4H9NO2/c1-3-4-6-11-24(18-23(34)14-12-22-13-15-27(35)28(17-22)39-2)40-19-26(31-20-33)29(36)32-25(30(37)38)16-21-9-7-5-8-10-21;1-2-3(5)4(6)7/h5,7-10,13,15,17,20,24-26,35H,3-4,6,11-12,14,16,18-19H2,1-2H3,(H,31,33)(H,32,36)(H,37,38);3H,2,5H2,1H3,(H,6,7). The predicted molar refractivity (Wildman–Crippen MR) is 182 cm³/mol. The number of ketones is 1. The number of aryl methyl sites for hydroxylation is 1. The number of unbranched alkanes of at least 4 members (excludes halogenated alkanes) is 2. The van der Waals surface area contributed by atoms with Crippen molar-refractivity contribution in [1.29, 1.82) is 0 Å². The number of carbonyl (C=O) groups excluding carboxylic acids is 3. The van der Waals surface area contributed by atoms with Gasteiger partial charge < -0.3 is 36.4 Å². The lowest BCUT2D eigenvalue weighted by Crippen LogP contribution is -2.51. The number of hydrogen-bond donors (Lipinski definition) is 6. The Hall–Kier alpha value is -4.10. The van der Waals surface area contributed by atoms with E-state index in [1.54, 1.807) is 49.4 Å². The summed E-state index contributed by atoms with van der Waals surface area (Å²) < 4.78 is 5.14. The highest BCUT2D eigenvalue weighted by molar-refractivity contribution is 8.00. The van der Waals surface area contributed by atoms with Gasteiger partial charge >= 0.3 is 11.9 Å². The number of methoxy groups -OCH3 is 1. The maximum Gasteiger partial charge on any atom is 0.326 e. The second kappa shape index (κ2) is 23.3. The van der Waals surface area contributed by atoms with Gasteiger partial charge in [0.05, 0.1) is 7.11 Å². The second-order valence-corrected chi connectivity index (χ2v) is 12.3. The number of phenols is 1. The summed E-state index contributed by atoms with van der Waals surface area (Å²) in [6.07, 6.45) is 5.99. The molecule has 0 aliphatic rings. The maximum absolute atomic E-state index is 13.0. The van der Waals surface area contributed by atoms with E-state index in [0.717, 1.165) is 36.8 Å². The number of nitrogens with one attached hydrogen (secondary N) is 2. The first-order valence-corrected chi connectivity index (χ1v) is 16.7. The van der Waals surface area contributed by atoms with Crippen LogP contribution in [0.1, 0.15) is 69.9 Å². The zero-order chi connectivity index (χ0) is 35.2. The Kier molecular flexibility index (Phi) is 20.2. The summed E-state index contributed by atoms with van der Waals surface area (Å²) in [7, 11) is 1.47. The SMILES string of the molecule is CCC(N)C(=O)O.CCCCCC(CC(=O)CCc1ccc(O)c(OC)c1)SCC(NC=O)C(=O)NC(Cc1ccccc1)C(=O)O. The van der Waals surface area contributed by atoms with Crippen LogP contribution in [-0.2, 0) is 36.8 Å². The minimum atomic E-state index is -1.16. The smallest absolute Gasteiger partial charge is 0.326 e. The van der Waals surface area contributed by atoms with Crippen molar-refractivity contribution in [2.45, 2.75) is 95.0 Å². The van der Waals surface area contributed by atoms with Crippen LogP contribution in [0.15, 0.2) is 48.5 Å². The Morgan fingerprint density at radius 1 is 0.979 bits per heavy atom. The van der Waals surface area contributed by atoms with E-state index in [1.165, 1.54) is 18.9 Å². The molecule has 0 fully saturated rings. The van der Waals surface area contributed by atoms with E-state index in [0.29, 0.717) is 37.8 Å². The van der Waals surface area contributed by atoms with Gasteiger partial charge in [0, 0.05) is 30.3 Å². The fourth-order valence-corrected chi connectivity index (χ4v) is 5.74. The van der Waals surface area contributed by atoms with Crippen molar-refractivity contribution in [1.82, 2.24) is 10.6 Å². The van der Waals surface area contributed by atoms with Gasteiger partial charge in [0.15, 0.2) is 11.5 Å². The number of benzene rings is 2. The molecule has 2 amide bonds. The van der Waals surface area contributed by atoms with E-state index < -0.39 is 36.0 Å². The van der Waals surface area contributed by atoms with Gasteiger partial charge in [0.25, 0.3) is 0 Å². The van der Waals surface area contributed by atoms with Crippen molar-refractivity contribution in [3.8, 4) is 11.5 Å². The summed E-state index contributed by atoms with van der Waals surface area (Å²) in [6, 6.07) is 11.2. The maximum atomic E-state index is 13.0. The molecule has 0 bridgehead atoms. The second-order valence-electron chi connectivity index (χ2n) is 11.0. The van der Waals surface area contributed by atoms with Crippen molar-refractivity contribution in [3.63, 3.8) is 0 Å². The summed E-state index contributed by atoms with van der Waals surface area (Å²) in [5.74, 6) is -1.98. The number of thioether (sulfide) groups is 1. The van der Waals surface area contributed by atoms with Gasteiger partial charge in [-0.1, -0.05) is 69.5 Å². The Balaban J connectivity index is 0.00000141. The fraction of sp³-hybridized carbons (Fsp3) is 0.500. The average Bonchev–Trinajstić information content (AvgIpc) is 3.06. The van der Waals surface area contributed by atoms with E-state index in [2.05, 4.69) is 17.6 Å². The zero-order valence-corrected chi connectivity index (χ0v) is 28.2. The van der Waals surface area contributed by atoms with Gasteiger partial charge in [-0.15, -0.1) is 0 Å². The highest BCUT2D eigenvalue weighted by Gasteiger charge is 2.27. The number of carbonyl (C=O) groups is 5. The van der Waals surface area contributed by atoms with Crippen LogP contribution in [-0.4, -0.2) is 81.6 Å². The first-order chi connectivity index (χ1) is 22.4. The summed E-state index contributed by atoms with van der Waals surface area (Å²) >= 11 is 1.44. The lowest BCUT2D eigenvalue weighted by molar-refractivity contribution is -0.142.